The molecule has 0 unspecified atom stereocenters. The molecule has 1 heterocycles. The van der Waals surface area contributed by atoms with E-state index in [9.17, 15) is 22.8 Å². The van der Waals surface area contributed by atoms with Crippen LogP contribution < -0.4 is 10.2 Å². The van der Waals surface area contributed by atoms with Crippen molar-refractivity contribution in [2.75, 3.05) is 4.90 Å². The van der Waals surface area contributed by atoms with Crippen LogP contribution >= 0.6 is 11.6 Å². The molecule has 0 aliphatic carbocycles. The van der Waals surface area contributed by atoms with Crippen molar-refractivity contribution in [1.82, 2.24) is 5.32 Å². The third-order valence-corrected chi connectivity index (χ3v) is 6.22. The van der Waals surface area contributed by atoms with E-state index in [1.54, 1.807) is 26.0 Å². The van der Waals surface area contributed by atoms with Crippen LogP contribution in [0.5, 0.6) is 0 Å². The summed E-state index contributed by atoms with van der Waals surface area (Å²) in [5.41, 5.74) is 0.352. The third kappa shape index (κ3) is 4.09. The first-order valence-corrected chi connectivity index (χ1v) is 10.6. The highest BCUT2D eigenvalue weighted by Gasteiger charge is 2.44. The van der Waals surface area contributed by atoms with E-state index in [0.29, 0.717) is 11.3 Å². The Morgan fingerprint density at radius 2 is 1.58 bits per heavy atom. The number of fused-ring (bicyclic) bond motifs is 1. The molecule has 1 N–H and O–H groups in total. The van der Waals surface area contributed by atoms with E-state index < -0.39 is 28.8 Å². The van der Waals surface area contributed by atoms with E-state index in [0.717, 1.165) is 12.1 Å². The lowest BCUT2D eigenvalue weighted by atomic mass is 9.86. The molecule has 0 aromatic heterocycles. The van der Waals surface area contributed by atoms with Crippen LogP contribution in [-0.4, -0.2) is 11.8 Å². The first-order chi connectivity index (χ1) is 15.6. The molecule has 4 rings (SSSR count). The summed E-state index contributed by atoms with van der Waals surface area (Å²) in [5.74, 6) is -2.89. The van der Waals surface area contributed by atoms with Gasteiger partial charge in [-0.15, -0.1) is 0 Å². The van der Waals surface area contributed by atoms with Gasteiger partial charge in [0, 0.05) is 33.9 Å². The molecule has 0 atom stereocenters. The molecule has 8 heteroatoms. The van der Waals surface area contributed by atoms with Crippen LogP contribution in [0.4, 0.5) is 18.9 Å². The summed E-state index contributed by atoms with van der Waals surface area (Å²) in [7, 11) is 0. The first kappa shape index (κ1) is 22.9. The average molecular weight is 473 g/mol. The van der Waals surface area contributed by atoms with Gasteiger partial charge in [0.05, 0.1) is 12.0 Å². The van der Waals surface area contributed by atoms with Crippen molar-refractivity contribution < 1.29 is 22.8 Å². The second-order valence-electron chi connectivity index (χ2n) is 8.33. The Bertz CT molecular complexity index is 1240. The van der Waals surface area contributed by atoms with Crippen LogP contribution in [0.1, 0.15) is 40.9 Å². The Labute approximate surface area is 194 Å². The second-order valence-corrected chi connectivity index (χ2v) is 8.74. The topological polar surface area (TPSA) is 49.4 Å². The van der Waals surface area contributed by atoms with Crippen LogP contribution in [0.2, 0.25) is 5.02 Å². The highest BCUT2D eigenvalue weighted by molar-refractivity contribution is 6.31. The smallest absolute Gasteiger partial charge is 0.251 e. The molecule has 0 saturated heterocycles. The van der Waals surface area contributed by atoms with Gasteiger partial charge in [-0.05, 0) is 55.8 Å². The van der Waals surface area contributed by atoms with Gasteiger partial charge >= 0.3 is 0 Å². The van der Waals surface area contributed by atoms with E-state index in [1.807, 2.05) is 0 Å². The zero-order chi connectivity index (χ0) is 23.9. The molecule has 1 aliphatic rings. The lowest BCUT2D eigenvalue weighted by molar-refractivity contribution is -0.122. The molecule has 0 spiro atoms. The second kappa shape index (κ2) is 8.56. The summed E-state index contributed by atoms with van der Waals surface area (Å²) in [6, 6.07) is 12.5. The number of amides is 2. The molecule has 4 nitrogen and oxygen atoms in total. The highest BCUT2D eigenvalue weighted by Crippen LogP contribution is 2.43. The number of carbonyl (C=O) groups excluding carboxylic acids is 2. The monoisotopic (exact) mass is 472 g/mol. The number of hydrogen-bond acceptors (Lipinski definition) is 2. The molecule has 3 aromatic rings. The van der Waals surface area contributed by atoms with Gasteiger partial charge in [-0.3, -0.25) is 9.59 Å². The Balaban J connectivity index is 1.64. The average Bonchev–Trinajstić information content (AvgIpc) is 2.95. The zero-order valence-electron chi connectivity index (χ0n) is 17.9. The SMILES string of the molecule is CC1(C)C(=O)N(Cc2c(F)cccc2Cl)c2cc(C(=O)NCc3c(F)cccc3F)ccc21. The van der Waals surface area contributed by atoms with Gasteiger partial charge in [0.2, 0.25) is 5.91 Å². The van der Waals surface area contributed by atoms with Crippen molar-refractivity contribution >= 4 is 29.1 Å². The third-order valence-electron chi connectivity index (χ3n) is 5.87. The van der Waals surface area contributed by atoms with Gasteiger partial charge in [0.25, 0.3) is 5.91 Å². The van der Waals surface area contributed by atoms with Crippen molar-refractivity contribution in [2.24, 2.45) is 0 Å². The minimum atomic E-state index is -0.891. The van der Waals surface area contributed by atoms with Gasteiger partial charge in [0.1, 0.15) is 17.5 Å². The molecule has 0 radical (unpaired) electrons. The van der Waals surface area contributed by atoms with E-state index in [-0.39, 0.29) is 40.7 Å². The minimum absolute atomic E-state index is 0.105. The van der Waals surface area contributed by atoms with Gasteiger partial charge in [-0.25, -0.2) is 13.2 Å². The fourth-order valence-electron chi connectivity index (χ4n) is 3.96. The number of carbonyl (C=O) groups is 2. The predicted octanol–water partition coefficient (Wildman–Crippen LogP) is 5.51. The molecule has 1 aliphatic heterocycles. The molecule has 3 aromatic carbocycles. The standard InChI is InChI=1S/C25H20ClF3N2O2/c1-25(2)17-10-9-14(23(32)30-12-15-19(27)7-4-8-20(15)28)11-22(17)31(24(25)33)13-16-18(26)5-3-6-21(16)29/h3-11H,12-13H2,1-2H3,(H,30,32). The molecular formula is C25H20ClF3N2O2. The molecule has 0 saturated carbocycles. The number of hydrogen-bond donors (Lipinski definition) is 1. The number of rotatable bonds is 5. The van der Waals surface area contributed by atoms with Crippen LogP contribution in [0, 0.1) is 17.5 Å². The van der Waals surface area contributed by atoms with Crippen LogP contribution in [0.25, 0.3) is 0 Å². The van der Waals surface area contributed by atoms with Crippen molar-refractivity contribution in [1.29, 1.82) is 0 Å². The Morgan fingerprint density at radius 3 is 2.21 bits per heavy atom. The van der Waals surface area contributed by atoms with Crippen LogP contribution in [0.15, 0.2) is 54.6 Å². The van der Waals surface area contributed by atoms with Gasteiger partial charge in [0.15, 0.2) is 0 Å². The molecule has 33 heavy (non-hydrogen) atoms. The normalized spacial score (nSPS) is 14.4. The minimum Gasteiger partial charge on any atom is -0.348 e. The van der Waals surface area contributed by atoms with E-state index in [2.05, 4.69) is 5.32 Å². The molecule has 2 amide bonds. The zero-order valence-corrected chi connectivity index (χ0v) is 18.6. The number of anilines is 1. The van der Waals surface area contributed by atoms with Gasteiger partial charge < -0.3 is 10.2 Å². The Kier molecular flexibility index (Phi) is 5.93. The highest BCUT2D eigenvalue weighted by atomic mass is 35.5. The summed E-state index contributed by atoms with van der Waals surface area (Å²) in [5, 5.41) is 2.69. The van der Waals surface area contributed by atoms with Crippen molar-refractivity contribution in [3.8, 4) is 0 Å². The van der Waals surface area contributed by atoms with E-state index in [1.165, 1.54) is 35.2 Å². The summed E-state index contributed by atoms with van der Waals surface area (Å²) >= 11 is 6.16. The van der Waals surface area contributed by atoms with Crippen LogP contribution in [-0.2, 0) is 23.3 Å². The predicted molar refractivity (Wildman–Crippen MR) is 120 cm³/mol. The van der Waals surface area contributed by atoms with Crippen molar-refractivity contribution in [2.45, 2.75) is 32.4 Å². The maximum absolute atomic E-state index is 14.4. The van der Waals surface area contributed by atoms with E-state index in [4.69, 9.17) is 11.6 Å². The fraction of sp³-hybridized carbons (Fsp3) is 0.200. The quantitative estimate of drug-likeness (QED) is 0.532. The summed E-state index contributed by atoms with van der Waals surface area (Å²) < 4.78 is 42.1. The largest absolute Gasteiger partial charge is 0.348 e. The first-order valence-electron chi connectivity index (χ1n) is 10.2. The summed E-state index contributed by atoms with van der Waals surface area (Å²) in [4.78, 5) is 27.3. The Hall–Kier alpha value is -3.32. The lowest BCUT2D eigenvalue weighted by Gasteiger charge is -2.21. The number of nitrogens with zero attached hydrogens (tertiary/aromatic N) is 1. The number of nitrogens with one attached hydrogen (secondary N) is 1. The fourth-order valence-corrected chi connectivity index (χ4v) is 4.18. The number of halogens is 4. The van der Waals surface area contributed by atoms with Crippen LogP contribution in [0.3, 0.4) is 0 Å². The van der Waals surface area contributed by atoms with Gasteiger partial charge in [-0.2, -0.15) is 0 Å². The van der Waals surface area contributed by atoms with Gasteiger partial charge in [-0.1, -0.05) is 29.8 Å². The summed E-state index contributed by atoms with van der Waals surface area (Å²) in [6.07, 6.45) is 0. The maximum atomic E-state index is 14.4. The van der Waals surface area contributed by atoms with Crippen molar-refractivity contribution in [3.05, 3.63) is 99.3 Å². The molecular weight excluding hydrogens is 453 g/mol. The Morgan fingerprint density at radius 1 is 0.970 bits per heavy atom. The van der Waals surface area contributed by atoms with Crippen molar-refractivity contribution in [3.63, 3.8) is 0 Å². The molecule has 170 valence electrons. The summed E-state index contributed by atoms with van der Waals surface area (Å²) in [6.45, 7) is 3.05. The van der Waals surface area contributed by atoms with E-state index >= 15 is 0 Å². The maximum Gasteiger partial charge on any atom is 0.251 e. The molecule has 0 fully saturated rings. The number of benzene rings is 3. The molecule has 0 bridgehead atoms. The lowest BCUT2D eigenvalue weighted by Crippen LogP contribution is -2.36.